The van der Waals surface area contributed by atoms with Crippen molar-refractivity contribution in [1.82, 2.24) is 10.3 Å². The number of rotatable bonds is 6. The lowest BCUT2D eigenvalue weighted by molar-refractivity contribution is 0.347. The van der Waals surface area contributed by atoms with E-state index < -0.39 is 0 Å². The fourth-order valence-electron chi connectivity index (χ4n) is 2.41. The zero-order valence-corrected chi connectivity index (χ0v) is 13.0. The molecule has 0 aliphatic carbocycles. The van der Waals surface area contributed by atoms with Crippen molar-refractivity contribution in [2.45, 2.75) is 26.4 Å². The summed E-state index contributed by atoms with van der Waals surface area (Å²) < 4.78 is 10.7. The number of pyridine rings is 1. The van der Waals surface area contributed by atoms with Crippen LogP contribution in [0.1, 0.15) is 29.8 Å². The fourth-order valence-corrected chi connectivity index (χ4v) is 2.41. The van der Waals surface area contributed by atoms with Gasteiger partial charge in [0.05, 0.1) is 19.9 Å². The van der Waals surface area contributed by atoms with Crippen molar-refractivity contribution < 1.29 is 9.47 Å². The molecule has 0 spiro atoms. The predicted molar refractivity (Wildman–Crippen MR) is 83.8 cm³/mol. The van der Waals surface area contributed by atoms with Crippen LogP contribution in [-0.4, -0.2) is 19.2 Å². The van der Waals surface area contributed by atoms with Crippen LogP contribution in [-0.2, 0) is 6.54 Å². The molecule has 1 aromatic heterocycles. The van der Waals surface area contributed by atoms with Crippen LogP contribution in [0.3, 0.4) is 0 Å². The topological polar surface area (TPSA) is 43.4 Å². The molecular weight excluding hydrogens is 264 g/mol. The van der Waals surface area contributed by atoms with Crippen LogP contribution in [0.2, 0.25) is 0 Å². The minimum atomic E-state index is 0.240. The number of nitrogens with one attached hydrogen (secondary N) is 1. The Balaban J connectivity index is 2.11. The van der Waals surface area contributed by atoms with E-state index in [9.17, 15) is 0 Å². The number of ether oxygens (including phenoxy) is 2. The summed E-state index contributed by atoms with van der Waals surface area (Å²) in [5.41, 5.74) is 3.42. The molecule has 1 aromatic carbocycles. The molecule has 2 aromatic rings. The molecule has 21 heavy (non-hydrogen) atoms. The largest absolute Gasteiger partial charge is 0.493 e. The standard InChI is InChI=1S/C17H22N2O2/c1-12-7-5-6-8-14(12)13(2)19-11-15-17(21-4)16(20-3)9-10-18-15/h5-10,13,19H,11H2,1-4H3/t13-/m0/s1. The number of hydrogen-bond acceptors (Lipinski definition) is 4. The van der Waals surface area contributed by atoms with Crippen LogP contribution >= 0.6 is 0 Å². The summed E-state index contributed by atoms with van der Waals surface area (Å²) in [4.78, 5) is 4.38. The Kier molecular flexibility index (Phi) is 5.17. The molecule has 0 fully saturated rings. The lowest BCUT2D eigenvalue weighted by atomic mass is 10.0. The number of aromatic nitrogens is 1. The van der Waals surface area contributed by atoms with E-state index in [1.165, 1.54) is 11.1 Å². The highest BCUT2D eigenvalue weighted by Crippen LogP contribution is 2.29. The summed E-state index contributed by atoms with van der Waals surface area (Å²) in [5, 5.41) is 3.48. The van der Waals surface area contributed by atoms with Crippen molar-refractivity contribution in [2.24, 2.45) is 0 Å². The average Bonchev–Trinajstić information content (AvgIpc) is 2.52. The zero-order chi connectivity index (χ0) is 15.2. The van der Waals surface area contributed by atoms with Crippen molar-refractivity contribution >= 4 is 0 Å². The minimum Gasteiger partial charge on any atom is -0.493 e. The minimum absolute atomic E-state index is 0.240. The van der Waals surface area contributed by atoms with E-state index in [-0.39, 0.29) is 6.04 Å². The summed E-state index contributed by atoms with van der Waals surface area (Å²) in [7, 11) is 3.26. The van der Waals surface area contributed by atoms with E-state index in [0.717, 1.165) is 5.69 Å². The first kappa shape index (κ1) is 15.3. The van der Waals surface area contributed by atoms with E-state index in [1.807, 2.05) is 0 Å². The third-order valence-electron chi connectivity index (χ3n) is 3.60. The molecule has 1 atom stereocenters. The van der Waals surface area contributed by atoms with Crippen molar-refractivity contribution in [1.29, 1.82) is 0 Å². The summed E-state index contributed by atoms with van der Waals surface area (Å²) in [5.74, 6) is 1.39. The molecule has 0 saturated heterocycles. The van der Waals surface area contributed by atoms with Crippen molar-refractivity contribution in [2.75, 3.05) is 14.2 Å². The van der Waals surface area contributed by atoms with Gasteiger partial charge < -0.3 is 14.8 Å². The molecule has 0 amide bonds. The van der Waals surface area contributed by atoms with E-state index in [2.05, 4.69) is 48.4 Å². The summed E-state index contributed by atoms with van der Waals surface area (Å²) >= 11 is 0. The average molecular weight is 286 g/mol. The van der Waals surface area contributed by atoms with Crippen molar-refractivity contribution in [3.8, 4) is 11.5 Å². The molecule has 4 nitrogen and oxygen atoms in total. The molecule has 0 bridgehead atoms. The Labute approximate surface area is 126 Å². The second kappa shape index (κ2) is 7.09. The van der Waals surface area contributed by atoms with Crippen LogP contribution < -0.4 is 14.8 Å². The fraction of sp³-hybridized carbons (Fsp3) is 0.353. The number of hydrogen-bond donors (Lipinski definition) is 1. The van der Waals surface area contributed by atoms with Crippen molar-refractivity contribution in [3.05, 3.63) is 53.3 Å². The Hall–Kier alpha value is -2.07. The second-order valence-electron chi connectivity index (χ2n) is 4.95. The first-order chi connectivity index (χ1) is 10.2. The van der Waals surface area contributed by atoms with Crippen LogP contribution in [0.5, 0.6) is 11.5 Å². The van der Waals surface area contributed by atoms with Gasteiger partial charge in [-0.1, -0.05) is 24.3 Å². The highest BCUT2D eigenvalue weighted by molar-refractivity contribution is 5.42. The molecule has 1 heterocycles. The van der Waals surface area contributed by atoms with Gasteiger partial charge in [0.25, 0.3) is 0 Å². The normalized spacial score (nSPS) is 12.0. The number of aryl methyl sites for hydroxylation is 1. The lowest BCUT2D eigenvalue weighted by Gasteiger charge is -2.18. The number of methoxy groups -OCH3 is 2. The molecule has 0 aliphatic rings. The SMILES string of the molecule is COc1ccnc(CN[C@@H](C)c2ccccc2C)c1OC. The summed E-state index contributed by atoms with van der Waals surface area (Å²) in [6.07, 6.45) is 1.73. The first-order valence-electron chi connectivity index (χ1n) is 7.02. The van der Waals surface area contributed by atoms with Gasteiger partial charge in [0.2, 0.25) is 0 Å². The van der Waals surface area contributed by atoms with E-state index in [1.54, 1.807) is 26.5 Å². The smallest absolute Gasteiger partial charge is 0.183 e. The van der Waals surface area contributed by atoms with Gasteiger partial charge >= 0.3 is 0 Å². The quantitative estimate of drug-likeness (QED) is 0.885. The van der Waals surface area contributed by atoms with Crippen LogP contribution in [0.15, 0.2) is 36.5 Å². The van der Waals surface area contributed by atoms with E-state index in [0.29, 0.717) is 18.0 Å². The van der Waals surface area contributed by atoms with Gasteiger partial charge in [-0.05, 0) is 25.0 Å². The third kappa shape index (κ3) is 3.52. The molecular formula is C17H22N2O2. The number of nitrogens with zero attached hydrogens (tertiary/aromatic N) is 1. The first-order valence-corrected chi connectivity index (χ1v) is 7.02. The molecule has 0 radical (unpaired) electrons. The van der Waals surface area contributed by atoms with Gasteiger partial charge in [0.15, 0.2) is 11.5 Å². The highest BCUT2D eigenvalue weighted by Gasteiger charge is 2.13. The van der Waals surface area contributed by atoms with Crippen LogP contribution in [0.4, 0.5) is 0 Å². The van der Waals surface area contributed by atoms with Gasteiger partial charge in [-0.15, -0.1) is 0 Å². The Morgan fingerprint density at radius 1 is 1.14 bits per heavy atom. The molecule has 4 heteroatoms. The highest BCUT2D eigenvalue weighted by atomic mass is 16.5. The summed E-state index contributed by atoms with van der Waals surface area (Å²) in [6.45, 7) is 4.89. The molecule has 0 aliphatic heterocycles. The Bertz CT molecular complexity index is 599. The van der Waals surface area contributed by atoms with Crippen LogP contribution in [0, 0.1) is 6.92 Å². The molecule has 1 N–H and O–H groups in total. The van der Waals surface area contributed by atoms with Gasteiger partial charge in [-0.2, -0.15) is 0 Å². The molecule has 2 rings (SSSR count). The van der Waals surface area contributed by atoms with E-state index in [4.69, 9.17) is 9.47 Å². The van der Waals surface area contributed by atoms with Gasteiger partial charge in [-0.25, -0.2) is 0 Å². The van der Waals surface area contributed by atoms with Gasteiger partial charge in [0.1, 0.15) is 0 Å². The van der Waals surface area contributed by atoms with Crippen LogP contribution in [0.25, 0.3) is 0 Å². The van der Waals surface area contributed by atoms with Gasteiger partial charge in [-0.3, -0.25) is 4.98 Å². The Morgan fingerprint density at radius 2 is 1.90 bits per heavy atom. The maximum absolute atomic E-state index is 5.40. The number of benzene rings is 1. The molecule has 112 valence electrons. The second-order valence-corrected chi connectivity index (χ2v) is 4.95. The van der Waals surface area contributed by atoms with E-state index >= 15 is 0 Å². The predicted octanol–water partition coefficient (Wildman–Crippen LogP) is 3.26. The zero-order valence-electron chi connectivity index (χ0n) is 13.0. The monoisotopic (exact) mass is 286 g/mol. The Morgan fingerprint density at radius 3 is 2.57 bits per heavy atom. The molecule has 0 unspecified atom stereocenters. The van der Waals surface area contributed by atoms with Gasteiger partial charge in [0, 0.05) is 24.8 Å². The third-order valence-corrected chi connectivity index (χ3v) is 3.60. The lowest BCUT2D eigenvalue weighted by Crippen LogP contribution is -2.20. The maximum atomic E-state index is 5.40. The summed E-state index contributed by atoms with van der Waals surface area (Å²) in [6, 6.07) is 10.4. The van der Waals surface area contributed by atoms with Crippen molar-refractivity contribution in [3.63, 3.8) is 0 Å². The maximum Gasteiger partial charge on any atom is 0.183 e. The molecule has 0 saturated carbocycles.